The number of ketones is 1. The number of Topliss-reactive ketones (excluding diaryl/α,β-unsaturated/α-hetero) is 1. The number of benzene rings is 2. The number of carbonyl (C=O) groups is 2. The number of carbonyl (C=O) groups excluding carboxylic acids is 2. The van der Waals surface area contributed by atoms with Gasteiger partial charge in [0, 0.05) is 19.2 Å². The average molecular weight is 456 g/mol. The summed E-state index contributed by atoms with van der Waals surface area (Å²) in [6.07, 6.45) is 0. The summed E-state index contributed by atoms with van der Waals surface area (Å²) in [7, 11) is 3.04. The summed E-state index contributed by atoms with van der Waals surface area (Å²) >= 11 is 0. The van der Waals surface area contributed by atoms with Crippen LogP contribution < -0.4 is 14.2 Å². The topological polar surface area (TPSA) is 94.5 Å². The van der Waals surface area contributed by atoms with Crippen molar-refractivity contribution in [2.24, 2.45) is 0 Å². The molecule has 0 bridgehead atoms. The Kier molecular flexibility index (Phi) is 7.95. The van der Waals surface area contributed by atoms with E-state index < -0.39 is 17.7 Å². The average Bonchev–Trinajstić information content (AvgIpc) is 3.08. The van der Waals surface area contributed by atoms with Crippen LogP contribution in [0, 0.1) is 0 Å². The number of methoxy groups -OCH3 is 2. The Bertz CT molecular complexity index is 1030. The normalized spacial score (nSPS) is 17.3. The number of nitrogens with zero attached hydrogens (tertiary/aromatic N) is 1. The van der Waals surface area contributed by atoms with Crippen molar-refractivity contribution in [3.63, 3.8) is 0 Å². The molecular formula is C25H29NO7. The van der Waals surface area contributed by atoms with Gasteiger partial charge in [-0.05, 0) is 55.8 Å². The summed E-state index contributed by atoms with van der Waals surface area (Å²) in [5.74, 6) is -0.0545. The van der Waals surface area contributed by atoms with Gasteiger partial charge in [0.25, 0.3) is 11.7 Å². The highest BCUT2D eigenvalue weighted by molar-refractivity contribution is 6.46. The van der Waals surface area contributed by atoms with Crippen LogP contribution in [0.15, 0.2) is 48.0 Å². The molecule has 2 aromatic carbocycles. The predicted octanol–water partition coefficient (Wildman–Crippen LogP) is 3.56. The second kappa shape index (κ2) is 10.9. The number of ether oxygens (including phenoxy) is 4. The number of likely N-dealkylation sites (tertiary alicyclic amines) is 1. The number of aliphatic hydroxyl groups excluding tert-OH is 1. The SMILES string of the molecule is CCOc1ccc(/C(O)=C2/C(=O)C(=O)N(CCOC)C2c2ccc(OCC)c(OC)c2)cc1. The molecule has 1 unspecified atom stereocenters. The summed E-state index contributed by atoms with van der Waals surface area (Å²) < 4.78 is 21.6. The van der Waals surface area contributed by atoms with Crippen molar-refractivity contribution in [1.82, 2.24) is 4.90 Å². The Hall–Kier alpha value is -3.52. The third-order valence-electron chi connectivity index (χ3n) is 5.32. The Morgan fingerprint density at radius 2 is 1.67 bits per heavy atom. The highest BCUT2D eigenvalue weighted by Crippen LogP contribution is 2.42. The lowest BCUT2D eigenvalue weighted by atomic mass is 9.95. The molecule has 0 aliphatic carbocycles. The maximum Gasteiger partial charge on any atom is 0.295 e. The van der Waals surface area contributed by atoms with Gasteiger partial charge in [-0.15, -0.1) is 0 Å². The minimum absolute atomic E-state index is 0.00600. The quantitative estimate of drug-likeness (QED) is 0.333. The molecule has 0 radical (unpaired) electrons. The second-order valence-corrected chi connectivity index (χ2v) is 7.29. The van der Waals surface area contributed by atoms with E-state index in [1.54, 1.807) is 42.5 Å². The molecule has 0 aromatic heterocycles. The molecule has 3 rings (SSSR count). The lowest BCUT2D eigenvalue weighted by molar-refractivity contribution is -0.140. The fourth-order valence-electron chi connectivity index (χ4n) is 3.81. The lowest BCUT2D eigenvalue weighted by Gasteiger charge is -2.25. The molecule has 1 heterocycles. The zero-order valence-electron chi connectivity index (χ0n) is 19.3. The van der Waals surface area contributed by atoms with Gasteiger partial charge in [-0.3, -0.25) is 9.59 Å². The summed E-state index contributed by atoms with van der Waals surface area (Å²) in [5, 5.41) is 11.1. The van der Waals surface area contributed by atoms with Gasteiger partial charge in [-0.25, -0.2) is 0 Å². The molecule has 8 heteroatoms. The lowest BCUT2D eigenvalue weighted by Crippen LogP contribution is -2.32. The fourth-order valence-corrected chi connectivity index (χ4v) is 3.81. The first-order valence-electron chi connectivity index (χ1n) is 10.8. The second-order valence-electron chi connectivity index (χ2n) is 7.29. The van der Waals surface area contributed by atoms with Crippen LogP contribution in [-0.4, -0.2) is 62.3 Å². The maximum atomic E-state index is 13.0. The Morgan fingerprint density at radius 3 is 2.27 bits per heavy atom. The number of aliphatic hydroxyl groups is 1. The van der Waals surface area contributed by atoms with Crippen LogP contribution in [0.1, 0.15) is 31.0 Å². The third-order valence-corrected chi connectivity index (χ3v) is 5.32. The molecule has 176 valence electrons. The van der Waals surface area contributed by atoms with E-state index >= 15 is 0 Å². The van der Waals surface area contributed by atoms with Crippen LogP contribution in [0.2, 0.25) is 0 Å². The van der Waals surface area contributed by atoms with E-state index in [1.165, 1.54) is 19.1 Å². The highest BCUT2D eigenvalue weighted by atomic mass is 16.5. The molecular weight excluding hydrogens is 426 g/mol. The summed E-state index contributed by atoms with van der Waals surface area (Å²) in [6.45, 7) is 5.13. The van der Waals surface area contributed by atoms with Gasteiger partial charge >= 0.3 is 0 Å². The molecule has 1 aliphatic heterocycles. The van der Waals surface area contributed by atoms with Gasteiger partial charge in [0.15, 0.2) is 11.5 Å². The van der Waals surface area contributed by atoms with Crippen molar-refractivity contribution >= 4 is 17.4 Å². The molecule has 1 atom stereocenters. The van der Waals surface area contributed by atoms with E-state index in [9.17, 15) is 14.7 Å². The van der Waals surface area contributed by atoms with E-state index in [0.717, 1.165) is 0 Å². The summed E-state index contributed by atoms with van der Waals surface area (Å²) in [6, 6.07) is 11.1. The molecule has 8 nitrogen and oxygen atoms in total. The molecule has 1 amide bonds. The molecule has 0 spiro atoms. The number of rotatable bonds is 10. The van der Waals surface area contributed by atoms with Crippen LogP contribution in [0.5, 0.6) is 17.2 Å². The van der Waals surface area contributed by atoms with E-state index in [0.29, 0.717) is 41.6 Å². The van der Waals surface area contributed by atoms with Crippen LogP contribution >= 0.6 is 0 Å². The molecule has 1 N–H and O–H groups in total. The van der Waals surface area contributed by atoms with Gasteiger partial charge in [0.2, 0.25) is 0 Å². The van der Waals surface area contributed by atoms with Crippen molar-refractivity contribution in [2.75, 3.05) is 40.6 Å². The van der Waals surface area contributed by atoms with Crippen LogP contribution in [0.4, 0.5) is 0 Å². The Morgan fingerprint density at radius 1 is 0.970 bits per heavy atom. The molecule has 1 saturated heterocycles. The third kappa shape index (κ3) is 4.96. The maximum absolute atomic E-state index is 13.0. The molecule has 1 aliphatic rings. The summed E-state index contributed by atoms with van der Waals surface area (Å²) in [4.78, 5) is 27.3. The molecule has 33 heavy (non-hydrogen) atoms. The minimum Gasteiger partial charge on any atom is -0.507 e. The first kappa shape index (κ1) is 24.1. The van der Waals surface area contributed by atoms with E-state index in [4.69, 9.17) is 18.9 Å². The van der Waals surface area contributed by atoms with Gasteiger partial charge in [0.05, 0.1) is 38.5 Å². The van der Waals surface area contributed by atoms with Crippen molar-refractivity contribution < 1.29 is 33.6 Å². The number of hydrogen-bond donors (Lipinski definition) is 1. The van der Waals surface area contributed by atoms with Crippen molar-refractivity contribution in [1.29, 1.82) is 0 Å². The predicted molar refractivity (Wildman–Crippen MR) is 123 cm³/mol. The van der Waals surface area contributed by atoms with Gasteiger partial charge in [0.1, 0.15) is 11.5 Å². The zero-order chi connectivity index (χ0) is 24.0. The Balaban J connectivity index is 2.13. The standard InChI is InChI=1S/C25H29NO7/c1-5-32-18-10-7-16(8-11-18)23(27)21-22(26(13-14-30-3)25(29)24(21)28)17-9-12-19(33-6-2)20(15-17)31-4/h7-12,15,22,27H,5-6,13-14H2,1-4H3/b23-21-. The first-order chi connectivity index (χ1) is 16.0. The largest absolute Gasteiger partial charge is 0.507 e. The summed E-state index contributed by atoms with van der Waals surface area (Å²) in [5.41, 5.74) is 1.02. The number of amides is 1. The van der Waals surface area contributed by atoms with Gasteiger partial charge < -0.3 is 29.0 Å². The molecule has 1 fully saturated rings. The van der Waals surface area contributed by atoms with E-state index in [2.05, 4.69) is 0 Å². The van der Waals surface area contributed by atoms with Gasteiger partial charge in [-0.2, -0.15) is 0 Å². The van der Waals surface area contributed by atoms with Crippen LogP contribution in [-0.2, 0) is 14.3 Å². The number of hydrogen-bond acceptors (Lipinski definition) is 7. The Labute approximate surface area is 193 Å². The van der Waals surface area contributed by atoms with Crippen LogP contribution in [0.25, 0.3) is 5.76 Å². The van der Waals surface area contributed by atoms with E-state index in [-0.39, 0.29) is 24.5 Å². The van der Waals surface area contributed by atoms with Crippen LogP contribution in [0.3, 0.4) is 0 Å². The molecule has 0 saturated carbocycles. The van der Waals surface area contributed by atoms with E-state index in [1.807, 2.05) is 13.8 Å². The highest BCUT2D eigenvalue weighted by Gasteiger charge is 2.46. The van der Waals surface area contributed by atoms with Crippen molar-refractivity contribution in [3.05, 3.63) is 59.2 Å². The fraction of sp³-hybridized carbons (Fsp3) is 0.360. The first-order valence-corrected chi connectivity index (χ1v) is 10.8. The smallest absolute Gasteiger partial charge is 0.295 e. The molecule has 2 aromatic rings. The monoisotopic (exact) mass is 455 g/mol. The van der Waals surface area contributed by atoms with Gasteiger partial charge in [-0.1, -0.05) is 6.07 Å². The minimum atomic E-state index is -0.809. The zero-order valence-corrected chi connectivity index (χ0v) is 19.3. The van der Waals surface area contributed by atoms with Crippen molar-refractivity contribution in [2.45, 2.75) is 19.9 Å². The van der Waals surface area contributed by atoms with Crippen molar-refractivity contribution in [3.8, 4) is 17.2 Å².